The maximum Gasteiger partial charge on any atom is 0.317 e. The van der Waals surface area contributed by atoms with Gasteiger partial charge in [0.05, 0.1) is 19.8 Å². The highest BCUT2D eigenvalue weighted by Gasteiger charge is 2.37. The van der Waals surface area contributed by atoms with E-state index in [-0.39, 0.29) is 6.54 Å². The van der Waals surface area contributed by atoms with Gasteiger partial charge in [0.2, 0.25) is 0 Å². The van der Waals surface area contributed by atoms with Crippen molar-refractivity contribution in [2.24, 2.45) is 5.92 Å². The van der Waals surface area contributed by atoms with Gasteiger partial charge in [-0.05, 0) is 37.7 Å². The van der Waals surface area contributed by atoms with Crippen LogP contribution in [0.15, 0.2) is 18.2 Å². The van der Waals surface area contributed by atoms with Crippen LogP contribution in [0.5, 0.6) is 11.5 Å². The van der Waals surface area contributed by atoms with Crippen LogP contribution in [0.2, 0.25) is 0 Å². The lowest BCUT2D eigenvalue weighted by Crippen LogP contribution is -2.54. The SMILES string of the molecule is O=C(O)CN(CC1CC1)C1CC(NCc2cccc3c2OCCCO3)C1. The minimum atomic E-state index is -0.716. The van der Waals surface area contributed by atoms with Crippen molar-refractivity contribution < 1.29 is 19.4 Å². The van der Waals surface area contributed by atoms with Crippen molar-refractivity contribution in [3.63, 3.8) is 0 Å². The summed E-state index contributed by atoms with van der Waals surface area (Å²) in [6.45, 7) is 3.27. The molecular formula is C20H28N2O4. The number of carboxylic acid groups (broad SMARTS) is 1. The van der Waals surface area contributed by atoms with E-state index in [0.29, 0.717) is 25.3 Å². The van der Waals surface area contributed by atoms with Gasteiger partial charge in [-0.1, -0.05) is 12.1 Å². The van der Waals surface area contributed by atoms with Crippen LogP contribution in [0.1, 0.15) is 37.7 Å². The number of fused-ring (bicyclic) bond motifs is 1. The van der Waals surface area contributed by atoms with Gasteiger partial charge >= 0.3 is 5.97 Å². The zero-order valence-electron chi connectivity index (χ0n) is 15.2. The van der Waals surface area contributed by atoms with Gasteiger partial charge < -0.3 is 19.9 Å². The van der Waals surface area contributed by atoms with Gasteiger partial charge in [-0.25, -0.2) is 0 Å². The molecule has 0 unspecified atom stereocenters. The zero-order chi connectivity index (χ0) is 17.9. The first-order chi connectivity index (χ1) is 12.7. The van der Waals surface area contributed by atoms with E-state index in [1.54, 1.807) is 0 Å². The molecule has 0 saturated heterocycles. The lowest BCUT2D eigenvalue weighted by molar-refractivity contribution is -0.139. The van der Waals surface area contributed by atoms with Crippen LogP contribution in [-0.4, -0.2) is 54.4 Å². The monoisotopic (exact) mass is 360 g/mol. The van der Waals surface area contributed by atoms with Crippen molar-refractivity contribution in [2.75, 3.05) is 26.3 Å². The van der Waals surface area contributed by atoms with E-state index in [4.69, 9.17) is 14.6 Å². The van der Waals surface area contributed by atoms with Gasteiger partial charge in [0, 0.05) is 37.2 Å². The molecule has 3 aliphatic rings. The number of carbonyl (C=O) groups is 1. The van der Waals surface area contributed by atoms with E-state index in [1.807, 2.05) is 12.1 Å². The van der Waals surface area contributed by atoms with E-state index >= 15 is 0 Å². The molecular weight excluding hydrogens is 332 g/mol. The van der Waals surface area contributed by atoms with Crippen molar-refractivity contribution in [2.45, 2.75) is 50.7 Å². The lowest BCUT2D eigenvalue weighted by Gasteiger charge is -2.43. The Morgan fingerprint density at radius 3 is 2.81 bits per heavy atom. The molecule has 0 aromatic heterocycles. The van der Waals surface area contributed by atoms with Gasteiger partial charge in [0.15, 0.2) is 11.5 Å². The third kappa shape index (κ3) is 4.30. The van der Waals surface area contributed by atoms with Crippen LogP contribution in [-0.2, 0) is 11.3 Å². The van der Waals surface area contributed by atoms with Gasteiger partial charge in [0.25, 0.3) is 0 Å². The molecule has 142 valence electrons. The summed E-state index contributed by atoms with van der Waals surface area (Å²) < 4.78 is 11.6. The molecule has 26 heavy (non-hydrogen) atoms. The predicted octanol–water partition coefficient (Wildman–Crippen LogP) is 2.27. The van der Waals surface area contributed by atoms with E-state index in [9.17, 15) is 4.79 Å². The highest BCUT2D eigenvalue weighted by atomic mass is 16.5. The summed E-state index contributed by atoms with van der Waals surface area (Å²) in [4.78, 5) is 13.3. The average Bonchev–Trinajstić information content (AvgIpc) is 3.39. The smallest absolute Gasteiger partial charge is 0.317 e. The molecule has 0 spiro atoms. The topological polar surface area (TPSA) is 71.0 Å². The van der Waals surface area contributed by atoms with Crippen LogP contribution in [0.3, 0.4) is 0 Å². The fourth-order valence-electron chi connectivity index (χ4n) is 3.85. The second kappa shape index (κ2) is 7.84. The Morgan fingerprint density at radius 2 is 2.04 bits per heavy atom. The summed E-state index contributed by atoms with van der Waals surface area (Å²) in [5.41, 5.74) is 1.13. The third-order valence-corrected chi connectivity index (χ3v) is 5.59. The number of para-hydroxylation sites is 1. The minimum Gasteiger partial charge on any atom is -0.490 e. The Balaban J connectivity index is 1.28. The molecule has 1 heterocycles. The molecule has 4 rings (SSSR count). The Morgan fingerprint density at radius 1 is 1.23 bits per heavy atom. The number of hydrogen-bond acceptors (Lipinski definition) is 5. The van der Waals surface area contributed by atoms with Crippen molar-refractivity contribution in [1.29, 1.82) is 0 Å². The number of carboxylic acids is 1. The predicted molar refractivity (Wildman–Crippen MR) is 97.6 cm³/mol. The van der Waals surface area contributed by atoms with Crippen LogP contribution in [0, 0.1) is 5.92 Å². The van der Waals surface area contributed by atoms with Crippen molar-refractivity contribution in [1.82, 2.24) is 10.2 Å². The zero-order valence-corrected chi connectivity index (χ0v) is 15.2. The molecule has 2 fully saturated rings. The number of ether oxygens (including phenoxy) is 2. The minimum absolute atomic E-state index is 0.172. The maximum atomic E-state index is 11.1. The normalized spacial score (nSPS) is 24.8. The standard InChI is InChI=1S/C20H28N2O4/c23-19(24)13-22(12-14-5-6-14)17-9-16(10-17)21-11-15-3-1-4-18-20(15)26-8-2-7-25-18/h1,3-4,14,16-17,21H,2,5-13H2,(H,23,24). The molecule has 1 aromatic rings. The first-order valence-electron chi connectivity index (χ1n) is 9.76. The van der Waals surface area contributed by atoms with Gasteiger partial charge in [-0.2, -0.15) is 0 Å². The molecule has 2 N–H and O–H groups in total. The lowest BCUT2D eigenvalue weighted by atomic mass is 9.85. The van der Waals surface area contributed by atoms with Gasteiger partial charge in [0.1, 0.15) is 0 Å². The highest BCUT2D eigenvalue weighted by molar-refractivity contribution is 5.69. The van der Waals surface area contributed by atoms with Crippen LogP contribution >= 0.6 is 0 Å². The van der Waals surface area contributed by atoms with Gasteiger partial charge in [-0.3, -0.25) is 9.69 Å². The van der Waals surface area contributed by atoms with Crippen molar-refractivity contribution in [3.8, 4) is 11.5 Å². The summed E-state index contributed by atoms with van der Waals surface area (Å²) >= 11 is 0. The molecule has 6 heteroatoms. The third-order valence-electron chi connectivity index (χ3n) is 5.59. The first kappa shape index (κ1) is 17.6. The Labute approximate surface area is 154 Å². The van der Waals surface area contributed by atoms with Crippen LogP contribution in [0.4, 0.5) is 0 Å². The fraction of sp³-hybridized carbons (Fsp3) is 0.650. The molecule has 2 saturated carbocycles. The van der Waals surface area contributed by atoms with Crippen LogP contribution < -0.4 is 14.8 Å². The largest absolute Gasteiger partial charge is 0.490 e. The van der Waals surface area contributed by atoms with Crippen LogP contribution in [0.25, 0.3) is 0 Å². The molecule has 1 aliphatic heterocycles. The molecule has 0 amide bonds. The second-order valence-electron chi connectivity index (χ2n) is 7.76. The first-order valence-corrected chi connectivity index (χ1v) is 9.76. The number of nitrogens with one attached hydrogen (secondary N) is 1. The maximum absolute atomic E-state index is 11.1. The average molecular weight is 360 g/mol. The molecule has 2 aliphatic carbocycles. The summed E-state index contributed by atoms with van der Waals surface area (Å²) in [6.07, 6.45) is 5.46. The molecule has 0 radical (unpaired) electrons. The number of aliphatic carboxylic acids is 1. The summed E-state index contributed by atoms with van der Waals surface area (Å²) in [5, 5.41) is 12.8. The summed E-state index contributed by atoms with van der Waals surface area (Å²) in [5.74, 6) is 1.71. The molecule has 6 nitrogen and oxygen atoms in total. The van der Waals surface area contributed by atoms with Gasteiger partial charge in [-0.15, -0.1) is 0 Å². The van der Waals surface area contributed by atoms with Crippen molar-refractivity contribution >= 4 is 5.97 Å². The number of rotatable bonds is 8. The Hall–Kier alpha value is -1.79. The number of benzene rings is 1. The van der Waals surface area contributed by atoms with E-state index in [2.05, 4.69) is 16.3 Å². The summed E-state index contributed by atoms with van der Waals surface area (Å²) in [6, 6.07) is 6.90. The quantitative estimate of drug-likeness (QED) is 0.741. The Bertz CT molecular complexity index is 641. The number of hydrogen-bond donors (Lipinski definition) is 2. The molecule has 0 atom stereocenters. The Kier molecular flexibility index (Phi) is 5.31. The van der Waals surface area contributed by atoms with E-state index in [0.717, 1.165) is 55.3 Å². The van der Waals surface area contributed by atoms with E-state index in [1.165, 1.54) is 12.8 Å². The summed E-state index contributed by atoms with van der Waals surface area (Å²) in [7, 11) is 0. The number of nitrogens with zero attached hydrogens (tertiary/aromatic N) is 1. The highest BCUT2D eigenvalue weighted by Crippen LogP contribution is 2.35. The fourth-order valence-corrected chi connectivity index (χ4v) is 3.85. The molecule has 1 aromatic carbocycles. The van der Waals surface area contributed by atoms with Crippen molar-refractivity contribution in [3.05, 3.63) is 23.8 Å². The van der Waals surface area contributed by atoms with E-state index < -0.39 is 5.97 Å². The second-order valence-corrected chi connectivity index (χ2v) is 7.76. The molecule has 0 bridgehead atoms.